The van der Waals surface area contributed by atoms with Crippen molar-refractivity contribution in [3.8, 4) is 0 Å². The first-order valence-corrected chi connectivity index (χ1v) is 5.72. The Bertz CT molecular complexity index is 503. The lowest BCUT2D eigenvalue weighted by Crippen LogP contribution is -2.48. The zero-order valence-corrected chi connectivity index (χ0v) is 9.23. The smallest absolute Gasteiger partial charge is 0.270 e. The van der Waals surface area contributed by atoms with Gasteiger partial charge in [-0.1, -0.05) is 0 Å². The number of carbonyl (C=O) groups is 1. The number of H-pyrrole nitrogens is 1. The summed E-state index contributed by atoms with van der Waals surface area (Å²) in [6, 6.07) is 1.29. The SMILES string of the molecule is O=C(NC1COC1)c1cc(=O)[nH]c(C2CC2)n1. The van der Waals surface area contributed by atoms with E-state index in [2.05, 4.69) is 15.3 Å². The summed E-state index contributed by atoms with van der Waals surface area (Å²) in [7, 11) is 0. The van der Waals surface area contributed by atoms with E-state index < -0.39 is 0 Å². The van der Waals surface area contributed by atoms with E-state index in [9.17, 15) is 9.59 Å². The van der Waals surface area contributed by atoms with Crippen molar-refractivity contribution in [1.82, 2.24) is 15.3 Å². The highest BCUT2D eigenvalue weighted by Crippen LogP contribution is 2.37. The van der Waals surface area contributed by atoms with E-state index in [-0.39, 0.29) is 23.2 Å². The quantitative estimate of drug-likeness (QED) is 0.758. The van der Waals surface area contributed by atoms with Gasteiger partial charge in [-0.25, -0.2) is 4.98 Å². The highest BCUT2D eigenvalue weighted by molar-refractivity contribution is 5.92. The molecule has 1 aliphatic carbocycles. The molecule has 0 unspecified atom stereocenters. The lowest BCUT2D eigenvalue weighted by Gasteiger charge is -2.26. The Balaban J connectivity index is 1.80. The molecule has 0 radical (unpaired) electrons. The van der Waals surface area contributed by atoms with Crippen molar-refractivity contribution in [3.05, 3.63) is 27.9 Å². The lowest BCUT2D eigenvalue weighted by molar-refractivity contribution is -0.00355. The van der Waals surface area contributed by atoms with Gasteiger partial charge in [0.15, 0.2) is 0 Å². The Kier molecular flexibility index (Phi) is 2.44. The third-order valence-electron chi connectivity index (χ3n) is 2.93. The Morgan fingerprint density at radius 2 is 2.24 bits per heavy atom. The molecule has 2 heterocycles. The monoisotopic (exact) mass is 235 g/mol. The molecule has 3 rings (SSSR count). The molecule has 1 aromatic heterocycles. The van der Waals surface area contributed by atoms with Gasteiger partial charge >= 0.3 is 0 Å². The van der Waals surface area contributed by atoms with E-state index in [1.165, 1.54) is 6.07 Å². The maximum Gasteiger partial charge on any atom is 0.270 e. The van der Waals surface area contributed by atoms with Crippen LogP contribution in [0.15, 0.2) is 10.9 Å². The van der Waals surface area contributed by atoms with Gasteiger partial charge in [0.2, 0.25) is 0 Å². The average Bonchev–Trinajstić information content (AvgIpc) is 3.05. The minimum Gasteiger partial charge on any atom is -0.377 e. The average molecular weight is 235 g/mol. The Morgan fingerprint density at radius 3 is 2.82 bits per heavy atom. The summed E-state index contributed by atoms with van der Waals surface area (Å²) in [5.74, 6) is 0.654. The first-order valence-electron chi connectivity index (χ1n) is 5.72. The molecule has 2 fully saturated rings. The Labute approximate surface area is 97.4 Å². The largest absolute Gasteiger partial charge is 0.377 e. The highest BCUT2D eigenvalue weighted by atomic mass is 16.5. The first kappa shape index (κ1) is 10.5. The molecule has 17 heavy (non-hydrogen) atoms. The third kappa shape index (κ3) is 2.21. The molecule has 1 saturated heterocycles. The van der Waals surface area contributed by atoms with Crippen LogP contribution in [0.4, 0.5) is 0 Å². The molecule has 90 valence electrons. The summed E-state index contributed by atoms with van der Waals surface area (Å²) >= 11 is 0. The second-order valence-corrected chi connectivity index (χ2v) is 4.50. The van der Waals surface area contributed by atoms with Crippen molar-refractivity contribution in [3.63, 3.8) is 0 Å². The van der Waals surface area contributed by atoms with Crippen LogP contribution in [-0.4, -0.2) is 35.1 Å². The van der Waals surface area contributed by atoms with Gasteiger partial charge in [0, 0.05) is 12.0 Å². The predicted molar refractivity (Wildman–Crippen MR) is 58.9 cm³/mol. The summed E-state index contributed by atoms with van der Waals surface area (Å²) in [6.07, 6.45) is 2.06. The summed E-state index contributed by atoms with van der Waals surface area (Å²) in [5, 5.41) is 2.77. The topological polar surface area (TPSA) is 84.1 Å². The number of ether oxygens (including phenoxy) is 1. The Hall–Kier alpha value is -1.69. The van der Waals surface area contributed by atoms with Crippen LogP contribution in [0, 0.1) is 0 Å². The molecular weight excluding hydrogens is 222 g/mol. The van der Waals surface area contributed by atoms with Crippen molar-refractivity contribution < 1.29 is 9.53 Å². The van der Waals surface area contributed by atoms with Crippen LogP contribution in [0.2, 0.25) is 0 Å². The molecule has 0 bridgehead atoms. The number of hydrogen-bond acceptors (Lipinski definition) is 4. The maximum absolute atomic E-state index is 11.8. The van der Waals surface area contributed by atoms with Crippen LogP contribution in [-0.2, 0) is 4.74 Å². The second kappa shape index (κ2) is 3.96. The number of carbonyl (C=O) groups excluding carboxylic acids is 1. The van der Waals surface area contributed by atoms with Crippen molar-refractivity contribution in [2.45, 2.75) is 24.8 Å². The van der Waals surface area contributed by atoms with Crippen LogP contribution < -0.4 is 10.9 Å². The third-order valence-corrected chi connectivity index (χ3v) is 2.93. The van der Waals surface area contributed by atoms with Gasteiger partial charge in [-0.3, -0.25) is 9.59 Å². The number of hydrogen-bond donors (Lipinski definition) is 2. The molecule has 6 nitrogen and oxygen atoms in total. The van der Waals surface area contributed by atoms with Crippen molar-refractivity contribution in [2.24, 2.45) is 0 Å². The fourth-order valence-electron chi connectivity index (χ4n) is 1.72. The number of rotatable bonds is 3. The maximum atomic E-state index is 11.8. The number of aromatic nitrogens is 2. The van der Waals surface area contributed by atoms with Crippen LogP contribution in [0.5, 0.6) is 0 Å². The van der Waals surface area contributed by atoms with E-state index >= 15 is 0 Å². The van der Waals surface area contributed by atoms with Gasteiger partial charge in [-0.05, 0) is 12.8 Å². The van der Waals surface area contributed by atoms with Gasteiger partial charge < -0.3 is 15.0 Å². The zero-order valence-electron chi connectivity index (χ0n) is 9.23. The second-order valence-electron chi connectivity index (χ2n) is 4.50. The summed E-state index contributed by atoms with van der Waals surface area (Å²) < 4.78 is 4.96. The van der Waals surface area contributed by atoms with Gasteiger partial charge in [-0.15, -0.1) is 0 Å². The normalized spacial score (nSPS) is 19.8. The van der Waals surface area contributed by atoms with Crippen LogP contribution in [0.1, 0.15) is 35.1 Å². The number of nitrogens with one attached hydrogen (secondary N) is 2. The summed E-state index contributed by atoms with van der Waals surface area (Å²) in [5.41, 5.74) is -0.0699. The standard InChI is InChI=1S/C11H13N3O3/c15-9-3-8(11(16)12-7-4-17-5-7)13-10(14-9)6-1-2-6/h3,6-7H,1-2,4-5H2,(H,12,16)(H,13,14,15). The van der Waals surface area contributed by atoms with Gasteiger partial charge in [0.25, 0.3) is 11.5 Å². The molecule has 1 aliphatic heterocycles. The van der Waals surface area contributed by atoms with E-state index in [1.54, 1.807) is 0 Å². The number of nitrogens with zero attached hydrogens (tertiary/aromatic N) is 1. The minimum absolute atomic E-state index is 0.0490. The van der Waals surface area contributed by atoms with E-state index in [1.807, 2.05) is 0 Å². The summed E-state index contributed by atoms with van der Waals surface area (Å²) in [4.78, 5) is 30.1. The Morgan fingerprint density at radius 1 is 1.47 bits per heavy atom. The molecule has 2 aliphatic rings. The molecule has 2 N–H and O–H groups in total. The zero-order chi connectivity index (χ0) is 11.8. The fourth-order valence-corrected chi connectivity index (χ4v) is 1.72. The molecule has 1 saturated carbocycles. The van der Waals surface area contributed by atoms with Gasteiger partial charge in [0.05, 0.1) is 19.3 Å². The van der Waals surface area contributed by atoms with Crippen LogP contribution in [0.25, 0.3) is 0 Å². The van der Waals surface area contributed by atoms with Gasteiger partial charge in [0.1, 0.15) is 11.5 Å². The fraction of sp³-hybridized carbons (Fsp3) is 0.545. The molecule has 6 heteroatoms. The van der Waals surface area contributed by atoms with Crippen molar-refractivity contribution in [2.75, 3.05) is 13.2 Å². The van der Waals surface area contributed by atoms with Crippen LogP contribution in [0.3, 0.4) is 0 Å². The van der Waals surface area contributed by atoms with Crippen molar-refractivity contribution in [1.29, 1.82) is 0 Å². The molecule has 0 spiro atoms. The van der Waals surface area contributed by atoms with Gasteiger partial charge in [-0.2, -0.15) is 0 Å². The van der Waals surface area contributed by atoms with E-state index in [0.29, 0.717) is 25.0 Å². The molecule has 1 aromatic rings. The van der Waals surface area contributed by atoms with E-state index in [4.69, 9.17) is 4.74 Å². The highest BCUT2D eigenvalue weighted by Gasteiger charge is 2.28. The predicted octanol–water partition coefficient (Wildman–Crippen LogP) is -0.224. The summed E-state index contributed by atoms with van der Waals surface area (Å²) in [6.45, 7) is 1.06. The molecule has 0 aromatic carbocycles. The van der Waals surface area contributed by atoms with Crippen molar-refractivity contribution >= 4 is 5.91 Å². The first-order chi connectivity index (χ1) is 8.22. The lowest BCUT2D eigenvalue weighted by atomic mass is 10.2. The molecule has 1 amide bonds. The number of amides is 1. The minimum atomic E-state index is -0.300. The number of aromatic amines is 1. The van der Waals surface area contributed by atoms with E-state index in [0.717, 1.165) is 12.8 Å². The molecular formula is C11H13N3O3. The molecule has 0 atom stereocenters. The van der Waals surface area contributed by atoms with Crippen LogP contribution >= 0.6 is 0 Å².